The highest BCUT2D eigenvalue weighted by molar-refractivity contribution is 5.26. The monoisotopic (exact) mass is 271 g/mol. The smallest absolute Gasteiger partial charge is 0.118 e. The first-order valence-electron chi connectivity index (χ1n) is 6.84. The van der Waals surface area contributed by atoms with E-state index in [2.05, 4.69) is 29.6 Å². The van der Waals surface area contributed by atoms with Gasteiger partial charge in [-0.1, -0.05) is 42.5 Å². The average Bonchev–Trinajstić information content (AvgIpc) is 2.52. The van der Waals surface area contributed by atoms with Crippen molar-refractivity contribution < 1.29 is 9.47 Å². The van der Waals surface area contributed by atoms with Gasteiger partial charge in [0, 0.05) is 13.1 Å². The molecular formula is C17H21NO2. The summed E-state index contributed by atoms with van der Waals surface area (Å²) >= 11 is 0. The molecule has 20 heavy (non-hydrogen) atoms. The number of methoxy groups -OCH3 is 1. The summed E-state index contributed by atoms with van der Waals surface area (Å²) in [6.07, 6.45) is 0. The molecule has 2 rings (SSSR count). The van der Waals surface area contributed by atoms with Crippen molar-refractivity contribution in [3.8, 4) is 5.75 Å². The second kappa shape index (κ2) is 8.35. The summed E-state index contributed by atoms with van der Waals surface area (Å²) in [6.45, 7) is 3.08. The van der Waals surface area contributed by atoms with Crippen molar-refractivity contribution in [2.24, 2.45) is 0 Å². The van der Waals surface area contributed by atoms with Gasteiger partial charge in [-0.3, -0.25) is 0 Å². The Morgan fingerprint density at radius 1 is 0.900 bits per heavy atom. The Morgan fingerprint density at radius 2 is 1.65 bits per heavy atom. The third kappa shape index (κ3) is 5.03. The van der Waals surface area contributed by atoms with Gasteiger partial charge in [-0.2, -0.15) is 0 Å². The first-order valence-corrected chi connectivity index (χ1v) is 6.84. The van der Waals surface area contributed by atoms with Crippen molar-refractivity contribution in [1.82, 2.24) is 5.32 Å². The third-order valence-electron chi connectivity index (χ3n) is 3.02. The van der Waals surface area contributed by atoms with Gasteiger partial charge in [0.25, 0.3) is 0 Å². The van der Waals surface area contributed by atoms with Crippen molar-refractivity contribution in [1.29, 1.82) is 0 Å². The van der Waals surface area contributed by atoms with E-state index in [1.54, 1.807) is 7.11 Å². The van der Waals surface area contributed by atoms with E-state index in [9.17, 15) is 0 Å². The van der Waals surface area contributed by atoms with Crippen molar-refractivity contribution in [3.63, 3.8) is 0 Å². The van der Waals surface area contributed by atoms with Crippen LogP contribution < -0.4 is 10.1 Å². The fourth-order valence-corrected chi connectivity index (χ4v) is 1.88. The van der Waals surface area contributed by atoms with Crippen LogP contribution in [-0.4, -0.2) is 20.3 Å². The lowest BCUT2D eigenvalue weighted by Crippen LogP contribution is -2.19. The van der Waals surface area contributed by atoms with Crippen LogP contribution in [0.4, 0.5) is 0 Å². The molecule has 1 N–H and O–H groups in total. The predicted octanol–water partition coefficient (Wildman–Crippen LogP) is 3.00. The van der Waals surface area contributed by atoms with Crippen LogP contribution in [0.3, 0.4) is 0 Å². The minimum Gasteiger partial charge on any atom is -0.497 e. The third-order valence-corrected chi connectivity index (χ3v) is 3.02. The molecule has 0 aliphatic rings. The van der Waals surface area contributed by atoms with Gasteiger partial charge in [-0.15, -0.1) is 0 Å². The van der Waals surface area contributed by atoms with E-state index >= 15 is 0 Å². The molecule has 2 aromatic carbocycles. The van der Waals surface area contributed by atoms with Crippen LogP contribution in [-0.2, 0) is 17.9 Å². The zero-order chi connectivity index (χ0) is 14.0. The predicted molar refractivity (Wildman–Crippen MR) is 80.8 cm³/mol. The molecule has 0 fully saturated rings. The number of benzene rings is 2. The van der Waals surface area contributed by atoms with Crippen molar-refractivity contribution in [2.45, 2.75) is 13.2 Å². The molecule has 0 saturated carbocycles. The Bertz CT molecular complexity index is 482. The maximum absolute atomic E-state index is 5.63. The van der Waals surface area contributed by atoms with Gasteiger partial charge >= 0.3 is 0 Å². The van der Waals surface area contributed by atoms with E-state index in [0.29, 0.717) is 13.2 Å². The highest BCUT2D eigenvalue weighted by Crippen LogP contribution is 2.11. The number of hydrogen-bond donors (Lipinski definition) is 1. The molecule has 0 saturated heterocycles. The molecule has 0 aromatic heterocycles. The first kappa shape index (κ1) is 14.6. The van der Waals surface area contributed by atoms with Gasteiger partial charge < -0.3 is 14.8 Å². The van der Waals surface area contributed by atoms with E-state index in [1.807, 2.05) is 30.3 Å². The lowest BCUT2D eigenvalue weighted by Gasteiger charge is -2.07. The quantitative estimate of drug-likeness (QED) is 0.749. The summed E-state index contributed by atoms with van der Waals surface area (Å²) in [4.78, 5) is 0. The zero-order valence-electron chi connectivity index (χ0n) is 11.8. The summed E-state index contributed by atoms with van der Waals surface area (Å²) in [7, 11) is 1.67. The van der Waals surface area contributed by atoms with Gasteiger partial charge in [-0.25, -0.2) is 0 Å². The van der Waals surface area contributed by atoms with Gasteiger partial charge in [0.15, 0.2) is 0 Å². The summed E-state index contributed by atoms with van der Waals surface area (Å²) in [5, 5.41) is 3.36. The fraction of sp³-hybridized carbons (Fsp3) is 0.294. The fourth-order valence-electron chi connectivity index (χ4n) is 1.88. The Hall–Kier alpha value is -1.84. The Kier molecular flexibility index (Phi) is 6.08. The molecule has 106 valence electrons. The van der Waals surface area contributed by atoms with E-state index in [0.717, 1.165) is 24.4 Å². The van der Waals surface area contributed by atoms with Crippen molar-refractivity contribution in [3.05, 3.63) is 65.7 Å². The summed E-state index contributed by atoms with van der Waals surface area (Å²) in [5.41, 5.74) is 2.46. The molecule has 0 radical (unpaired) electrons. The van der Waals surface area contributed by atoms with E-state index in [4.69, 9.17) is 9.47 Å². The van der Waals surface area contributed by atoms with Crippen LogP contribution in [0.5, 0.6) is 5.75 Å². The van der Waals surface area contributed by atoms with Gasteiger partial charge in [0.1, 0.15) is 5.75 Å². The molecule has 0 amide bonds. The first-order chi connectivity index (χ1) is 9.88. The van der Waals surface area contributed by atoms with E-state index < -0.39 is 0 Å². The molecule has 0 heterocycles. The molecule has 0 bridgehead atoms. The Balaban J connectivity index is 1.57. The molecule has 0 aliphatic carbocycles. The van der Waals surface area contributed by atoms with Crippen LogP contribution in [0.25, 0.3) is 0 Å². The molecule has 3 heteroatoms. The molecule has 0 unspecified atom stereocenters. The maximum atomic E-state index is 5.63. The second-order valence-electron chi connectivity index (χ2n) is 4.56. The largest absolute Gasteiger partial charge is 0.497 e. The van der Waals surface area contributed by atoms with Gasteiger partial charge in [-0.05, 0) is 23.3 Å². The maximum Gasteiger partial charge on any atom is 0.118 e. The lowest BCUT2D eigenvalue weighted by molar-refractivity contribution is 0.122. The minimum absolute atomic E-state index is 0.636. The minimum atomic E-state index is 0.636. The van der Waals surface area contributed by atoms with Crippen molar-refractivity contribution in [2.75, 3.05) is 20.3 Å². The lowest BCUT2D eigenvalue weighted by atomic mass is 10.2. The van der Waals surface area contributed by atoms with Crippen LogP contribution in [0, 0.1) is 0 Å². The van der Waals surface area contributed by atoms with Crippen LogP contribution >= 0.6 is 0 Å². The molecule has 0 atom stereocenters. The zero-order valence-corrected chi connectivity index (χ0v) is 11.8. The Labute approximate surface area is 120 Å². The number of rotatable bonds is 8. The highest BCUT2D eigenvalue weighted by atomic mass is 16.5. The average molecular weight is 271 g/mol. The second-order valence-corrected chi connectivity index (χ2v) is 4.56. The summed E-state index contributed by atoms with van der Waals surface area (Å²) < 4.78 is 10.7. The Morgan fingerprint density at radius 3 is 2.35 bits per heavy atom. The van der Waals surface area contributed by atoms with Crippen LogP contribution in [0.2, 0.25) is 0 Å². The van der Waals surface area contributed by atoms with E-state index in [-0.39, 0.29) is 0 Å². The summed E-state index contributed by atoms with van der Waals surface area (Å²) in [6, 6.07) is 18.3. The molecule has 2 aromatic rings. The molecule has 0 spiro atoms. The van der Waals surface area contributed by atoms with Crippen LogP contribution in [0.1, 0.15) is 11.1 Å². The molecule has 0 aliphatic heterocycles. The van der Waals surface area contributed by atoms with E-state index in [1.165, 1.54) is 5.56 Å². The van der Waals surface area contributed by atoms with Crippen LogP contribution in [0.15, 0.2) is 54.6 Å². The normalized spacial score (nSPS) is 10.4. The number of ether oxygens (including phenoxy) is 2. The van der Waals surface area contributed by atoms with Crippen molar-refractivity contribution >= 4 is 0 Å². The highest BCUT2D eigenvalue weighted by Gasteiger charge is 1.95. The van der Waals surface area contributed by atoms with Gasteiger partial charge in [0.05, 0.1) is 20.3 Å². The standard InChI is InChI=1S/C17H21NO2/c1-19-17-9-7-16(8-10-17)14-20-12-11-18-13-15-5-3-2-4-6-15/h2-10,18H,11-14H2,1H3. The van der Waals surface area contributed by atoms with Gasteiger partial charge in [0.2, 0.25) is 0 Å². The SMILES string of the molecule is COc1ccc(COCCNCc2ccccc2)cc1. The molecule has 3 nitrogen and oxygen atoms in total. The number of nitrogens with one attached hydrogen (secondary N) is 1. The topological polar surface area (TPSA) is 30.5 Å². The summed E-state index contributed by atoms with van der Waals surface area (Å²) in [5.74, 6) is 0.873. The number of hydrogen-bond acceptors (Lipinski definition) is 3. The molecular weight excluding hydrogens is 250 g/mol.